The zero-order valence-electron chi connectivity index (χ0n) is 11.7. The van der Waals surface area contributed by atoms with E-state index in [0.717, 1.165) is 12.8 Å². The molecule has 2 aromatic carbocycles. The van der Waals surface area contributed by atoms with Gasteiger partial charge in [-0.05, 0) is 43.0 Å². The standard InChI is InChI=1S/C18H19FO/c1-14(2)18-16(19)11-6-12-17(18)20-13-7-10-15-8-4-3-5-9-15/h3-6,8-9,11-12H,1,7,10,13H2,2H3. The van der Waals surface area contributed by atoms with Crippen molar-refractivity contribution < 1.29 is 9.13 Å². The zero-order valence-corrected chi connectivity index (χ0v) is 11.7. The van der Waals surface area contributed by atoms with Crippen LogP contribution in [0.4, 0.5) is 4.39 Å². The van der Waals surface area contributed by atoms with Crippen molar-refractivity contribution in [3.05, 3.63) is 72.1 Å². The first-order valence-electron chi connectivity index (χ1n) is 6.79. The molecule has 0 unspecified atom stereocenters. The first kappa shape index (κ1) is 14.3. The number of halogens is 1. The molecular weight excluding hydrogens is 251 g/mol. The van der Waals surface area contributed by atoms with Crippen LogP contribution < -0.4 is 4.74 Å². The second-order valence-electron chi connectivity index (χ2n) is 4.83. The highest BCUT2D eigenvalue weighted by Gasteiger charge is 2.09. The molecule has 0 N–H and O–H groups in total. The van der Waals surface area contributed by atoms with Gasteiger partial charge in [0, 0.05) is 0 Å². The Balaban J connectivity index is 1.92. The SMILES string of the molecule is C=C(C)c1c(F)cccc1OCCCc1ccccc1. The number of hydrogen-bond acceptors (Lipinski definition) is 1. The Hall–Kier alpha value is -2.09. The number of benzene rings is 2. The molecule has 0 atom stereocenters. The van der Waals surface area contributed by atoms with Crippen molar-refractivity contribution in [1.82, 2.24) is 0 Å². The Morgan fingerprint density at radius 1 is 1.10 bits per heavy atom. The maximum atomic E-state index is 13.7. The van der Waals surface area contributed by atoms with Crippen molar-refractivity contribution in [2.24, 2.45) is 0 Å². The predicted molar refractivity (Wildman–Crippen MR) is 81.4 cm³/mol. The molecule has 104 valence electrons. The molecule has 0 aromatic heterocycles. The second-order valence-corrected chi connectivity index (χ2v) is 4.83. The molecule has 1 nitrogen and oxygen atoms in total. The predicted octanol–water partition coefficient (Wildman–Crippen LogP) is 4.87. The molecule has 0 saturated heterocycles. The summed E-state index contributed by atoms with van der Waals surface area (Å²) < 4.78 is 19.4. The lowest BCUT2D eigenvalue weighted by molar-refractivity contribution is 0.308. The van der Waals surface area contributed by atoms with Crippen molar-refractivity contribution in [3.8, 4) is 5.75 Å². The Labute approximate surface area is 119 Å². The van der Waals surface area contributed by atoms with Gasteiger partial charge in [0.1, 0.15) is 11.6 Å². The van der Waals surface area contributed by atoms with E-state index in [0.29, 0.717) is 23.5 Å². The summed E-state index contributed by atoms with van der Waals surface area (Å²) in [6.45, 7) is 6.16. The molecule has 2 aromatic rings. The number of allylic oxidation sites excluding steroid dienone is 1. The van der Waals surface area contributed by atoms with Crippen LogP contribution in [0, 0.1) is 5.82 Å². The summed E-state index contributed by atoms with van der Waals surface area (Å²) in [4.78, 5) is 0. The van der Waals surface area contributed by atoms with E-state index in [2.05, 4.69) is 18.7 Å². The molecule has 0 saturated carbocycles. The first-order valence-corrected chi connectivity index (χ1v) is 6.79. The van der Waals surface area contributed by atoms with Crippen LogP contribution in [0.2, 0.25) is 0 Å². The van der Waals surface area contributed by atoms with Gasteiger partial charge in [-0.25, -0.2) is 4.39 Å². The lowest BCUT2D eigenvalue weighted by Crippen LogP contribution is -2.02. The van der Waals surface area contributed by atoms with Gasteiger partial charge in [0.25, 0.3) is 0 Å². The molecule has 0 spiro atoms. The average molecular weight is 270 g/mol. The number of ether oxygens (including phenoxy) is 1. The summed E-state index contributed by atoms with van der Waals surface area (Å²) in [7, 11) is 0. The first-order chi connectivity index (χ1) is 9.68. The molecule has 2 heteroatoms. The molecule has 0 aliphatic rings. The number of rotatable bonds is 6. The fraction of sp³-hybridized carbons (Fsp3) is 0.222. The van der Waals surface area contributed by atoms with E-state index in [4.69, 9.17) is 4.74 Å². The van der Waals surface area contributed by atoms with Crippen LogP contribution in [0.1, 0.15) is 24.5 Å². The fourth-order valence-electron chi connectivity index (χ4n) is 2.14. The van der Waals surface area contributed by atoms with Crippen molar-refractivity contribution in [2.75, 3.05) is 6.61 Å². The summed E-state index contributed by atoms with van der Waals surface area (Å²) in [5, 5.41) is 0. The third-order valence-electron chi connectivity index (χ3n) is 3.11. The zero-order chi connectivity index (χ0) is 14.4. The van der Waals surface area contributed by atoms with E-state index in [1.165, 1.54) is 11.6 Å². The van der Waals surface area contributed by atoms with Gasteiger partial charge in [-0.1, -0.05) is 43.0 Å². The van der Waals surface area contributed by atoms with Crippen LogP contribution >= 0.6 is 0 Å². The maximum Gasteiger partial charge on any atom is 0.134 e. The largest absolute Gasteiger partial charge is 0.493 e. The molecule has 20 heavy (non-hydrogen) atoms. The van der Waals surface area contributed by atoms with Gasteiger partial charge in [0.15, 0.2) is 0 Å². The van der Waals surface area contributed by atoms with Gasteiger partial charge in [-0.2, -0.15) is 0 Å². The van der Waals surface area contributed by atoms with Gasteiger partial charge in [-0.3, -0.25) is 0 Å². The van der Waals surface area contributed by atoms with Gasteiger partial charge < -0.3 is 4.74 Å². The average Bonchev–Trinajstić information content (AvgIpc) is 2.44. The maximum absolute atomic E-state index is 13.7. The summed E-state index contributed by atoms with van der Waals surface area (Å²) in [5.41, 5.74) is 2.45. The molecule has 0 fully saturated rings. The topological polar surface area (TPSA) is 9.23 Å². The fourth-order valence-corrected chi connectivity index (χ4v) is 2.14. The molecule has 0 aliphatic heterocycles. The normalized spacial score (nSPS) is 10.3. The molecule has 0 aliphatic carbocycles. The third kappa shape index (κ3) is 3.70. The van der Waals surface area contributed by atoms with Gasteiger partial charge in [-0.15, -0.1) is 0 Å². The van der Waals surface area contributed by atoms with Crippen molar-refractivity contribution in [3.63, 3.8) is 0 Å². The Morgan fingerprint density at radius 2 is 1.85 bits per heavy atom. The summed E-state index contributed by atoms with van der Waals surface area (Å²) >= 11 is 0. The lowest BCUT2D eigenvalue weighted by atomic mass is 10.1. The highest BCUT2D eigenvalue weighted by atomic mass is 19.1. The van der Waals surface area contributed by atoms with Gasteiger partial charge >= 0.3 is 0 Å². The van der Waals surface area contributed by atoms with Crippen LogP contribution in [-0.2, 0) is 6.42 Å². The van der Waals surface area contributed by atoms with E-state index in [-0.39, 0.29) is 5.82 Å². The smallest absolute Gasteiger partial charge is 0.134 e. The van der Waals surface area contributed by atoms with E-state index < -0.39 is 0 Å². The summed E-state index contributed by atoms with van der Waals surface area (Å²) in [6.07, 6.45) is 1.86. The van der Waals surface area contributed by atoms with Crippen molar-refractivity contribution in [1.29, 1.82) is 0 Å². The lowest BCUT2D eigenvalue weighted by Gasteiger charge is -2.12. The van der Waals surface area contributed by atoms with Crippen molar-refractivity contribution in [2.45, 2.75) is 19.8 Å². The van der Waals surface area contributed by atoms with Crippen LogP contribution in [0.25, 0.3) is 5.57 Å². The highest BCUT2D eigenvalue weighted by Crippen LogP contribution is 2.27. The molecule has 0 radical (unpaired) electrons. The van der Waals surface area contributed by atoms with Crippen molar-refractivity contribution >= 4 is 5.57 Å². The number of aryl methyl sites for hydroxylation is 1. The van der Waals surface area contributed by atoms with Crippen LogP contribution in [0.3, 0.4) is 0 Å². The quantitative estimate of drug-likeness (QED) is 0.680. The van der Waals surface area contributed by atoms with Crippen LogP contribution in [-0.4, -0.2) is 6.61 Å². The minimum Gasteiger partial charge on any atom is -0.493 e. The molecule has 2 rings (SSSR count). The third-order valence-corrected chi connectivity index (χ3v) is 3.11. The summed E-state index contributed by atoms with van der Waals surface area (Å²) in [5.74, 6) is 0.295. The van der Waals surface area contributed by atoms with Gasteiger partial charge in [0.2, 0.25) is 0 Å². The minimum atomic E-state index is -0.280. The van der Waals surface area contributed by atoms with E-state index in [1.807, 2.05) is 18.2 Å². The Bertz CT molecular complexity index is 575. The Kier molecular flexibility index (Phi) is 4.94. The molecular formula is C18H19FO. The molecule has 0 amide bonds. The van der Waals surface area contributed by atoms with Gasteiger partial charge in [0.05, 0.1) is 12.2 Å². The molecule has 0 heterocycles. The Morgan fingerprint density at radius 3 is 2.55 bits per heavy atom. The summed E-state index contributed by atoms with van der Waals surface area (Å²) in [6, 6.07) is 15.1. The minimum absolute atomic E-state index is 0.280. The van der Waals surface area contributed by atoms with Crippen LogP contribution in [0.5, 0.6) is 5.75 Å². The van der Waals surface area contributed by atoms with Crippen LogP contribution in [0.15, 0.2) is 55.1 Å². The number of hydrogen-bond donors (Lipinski definition) is 0. The van der Waals surface area contributed by atoms with E-state index >= 15 is 0 Å². The van der Waals surface area contributed by atoms with E-state index in [9.17, 15) is 4.39 Å². The monoisotopic (exact) mass is 270 g/mol. The second kappa shape index (κ2) is 6.90. The highest BCUT2D eigenvalue weighted by molar-refractivity contribution is 5.67. The molecule has 0 bridgehead atoms. The van der Waals surface area contributed by atoms with E-state index in [1.54, 1.807) is 19.1 Å².